The monoisotopic (exact) mass is 222 g/mol. The Morgan fingerprint density at radius 3 is 2.88 bits per heavy atom. The fourth-order valence-corrected chi connectivity index (χ4v) is 1.47. The van der Waals surface area contributed by atoms with Crippen LogP contribution in [0.25, 0.3) is 0 Å². The number of aryl methyl sites for hydroxylation is 1. The molecule has 0 spiro atoms. The number of hydrogen-bond donors (Lipinski definition) is 1. The van der Waals surface area contributed by atoms with Crippen molar-refractivity contribution in [2.45, 2.75) is 19.9 Å². The molecule has 0 unspecified atom stereocenters. The third-order valence-corrected chi connectivity index (χ3v) is 2.32. The first kappa shape index (κ1) is 12.3. The summed E-state index contributed by atoms with van der Waals surface area (Å²) < 4.78 is 6.05. The quantitative estimate of drug-likeness (QED) is 0.763. The number of nitrogens with zero attached hydrogens (tertiary/aromatic N) is 2. The van der Waals surface area contributed by atoms with Gasteiger partial charge >= 0.3 is 0 Å². The predicted molar refractivity (Wildman–Crippen MR) is 58.3 cm³/mol. The minimum absolute atomic E-state index is 0.0789. The van der Waals surface area contributed by atoms with E-state index in [1.54, 1.807) is 14.0 Å². The van der Waals surface area contributed by atoms with Gasteiger partial charge < -0.3 is 9.84 Å². The minimum atomic E-state index is -0.448. The van der Waals surface area contributed by atoms with E-state index in [0.717, 1.165) is 0 Å². The van der Waals surface area contributed by atoms with E-state index in [-0.39, 0.29) is 11.4 Å². The van der Waals surface area contributed by atoms with Crippen LogP contribution in [-0.2, 0) is 11.3 Å². The molecule has 0 aliphatic rings. The molecular formula is C11H14N2O3. The number of pyridine rings is 1. The summed E-state index contributed by atoms with van der Waals surface area (Å²) in [6, 6.07) is 3.27. The number of rotatable bonds is 4. The second kappa shape index (κ2) is 5.33. The minimum Gasteiger partial charge on any atom is -0.494 e. The molecule has 0 amide bonds. The Bertz CT molecular complexity index is 471. The first-order chi connectivity index (χ1) is 7.61. The number of methoxy groups -OCH3 is 1. The zero-order chi connectivity index (χ0) is 12.1. The molecule has 86 valence electrons. The van der Waals surface area contributed by atoms with E-state index in [2.05, 4.69) is 0 Å². The van der Waals surface area contributed by atoms with Crippen molar-refractivity contribution in [2.75, 3.05) is 13.7 Å². The van der Waals surface area contributed by atoms with Crippen molar-refractivity contribution in [3.63, 3.8) is 0 Å². The summed E-state index contributed by atoms with van der Waals surface area (Å²) in [6.07, 6.45) is 0.609. The van der Waals surface area contributed by atoms with Gasteiger partial charge in [-0.25, -0.2) is 0 Å². The number of aromatic nitrogens is 1. The maximum absolute atomic E-state index is 11.8. The van der Waals surface area contributed by atoms with Gasteiger partial charge in [0.25, 0.3) is 5.56 Å². The van der Waals surface area contributed by atoms with Gasteiger partial charge in [-0.15, -0.1) is 0 Å². The van der Waals surface area contributed by atoms with Crippen molar-refractivity contribution in [2.24, 2.45) is 0 Å². The van der Waals surface area contributed by atoms with E-state index < -0.39 is 5.56 Å². The summed E-state index contributed by atoms with van der Waals surface area (Å²) in [5, 5.41) is 18.4. The molecule has 0 saturated carbocycles. The standard InChI is InChI=1S/C11H14N2O3/c1-8-6-10(14)13(4-3-5-16-2)11(15)9(8)7-12/h6,14H,3-5H2,1-2H3. The van der Waals surface area contributed by atoms with Gasteiger partial charge in [0.1, 0.15) is 11.6 Å². The molecule has 0 radical (unpaired) electrons. The zero-order valence-corrected chi connectivity index (χ0v) is 9.36. The van der Waals surface area contributed by atoms with Gasteiger partial charge in [0.05, 0.1) is 0 Å². The first-order valence-electron chi connectivity index (χ1n) is 4.94. The van der Waals surface area contributed by atoms with Crippen molar-refractivity contribution < 1.29 is 9.84 Å². The van der Waals surface area contributed by atoms with E-state index in [0.29, 0.717) is 25.1 Å². The van der Waals surface area contributed by atoms with Gasteiger partial charge in [-0.05, 0) is 18.9 Å². The van der Waals surface area contributed by atoms with Crippen molar-refractivity contribution in [3.8, 4) is 11.9 Å². The van der Waals surface area contributed by atoms with Gasteiger partial charge in [-0.2, -0.15) is 5.26 Å². The number of ether oxygens (including phenoxy) is 1. The Hall–Kier alpha value is -1.80. The highest BCUT2D eigenvalue weighted by Gasteiger charge is 2.10. The molecule has 1 N–H and O–H groups in total. The van der Waals surface area contributed by atoms with Crippen LogP contribution in [0.15, 0.2) is 10.9 Å². The Morgan fingerprint density at radius 2 is 2.31 bits per heavy atom. The molecule has 1 aromatic heterocycles. The molecule has 16 heavy (non-hydrogen) atoms. The topological polar surface area (TPSA) is 75.2 Å². The van der Waals surface area contributed by atoms with E-state index in [1.807, 2.05) is 6.07 Å². The van der Waals surface area contributed by atoms with Crippen molar-refractivity contribution >= 4 is 0 Å². The lowest BCUT2D eigenvalue weighted by Gasteiger charge is -2.09. The van der Waals surface area contributed by atoms with Crippen LogP contribution in [0.2, 0.25) is 0 Å². The zero-order valence-electron chi connectivity index (χ0n) is 9.36. The van der Waals surface area contributed by atoms with Crippen molar-refractivity contribution in [1.82, 2.24) is 4.57 Å². The Balaban J connectivity index is 3.10. The Labute approximate surface area is 93.5 Å². The normalized spacial score (nSPS) is 10.1. The van der Waals surface area contributed by atoms with Gasteiger partial charge in [0.2, 0.25) is 0 Å². The third kappa shape index (κ3) is 2.41. The van der Waals surface area contributed by atoms with Gasteiger partial charge in [-0.1, -0.05) is 0 Å². The van der Waals surface area contributed by atoms with Crippen molar-refractivity contribution in [3.05, 3.63) is 27.5 Å². The van der Waals surface area contributed by atoms with Crippen LogP contribution in [0.4, 0.5) is 0 Å². The highest BCUT2D eigenvalue weighted by molar-refractivity contribution is 5.37. The van der Waals surface area contributed by atoms with Crippen LogP contribution in [0, 0.1) is 18.3 Å². The summed E-state index contributed by atoms with van der Waals surface area (Å²) >= 11 is 0. The van der Waals surface area contributed by atoms with Crippen LogP contribution >= 0.6 is 0 Å². The van der Waals surface area contributed by atoms with Crippen LogP contribution in [0.5, 0.6) is 5.88 Å². The predicted octanol–water partition coefficient (Wildman–Crippen LogP) is 0.770. The van der Waals surface area contributed by atoms with Gasteiger partial charge in [-0.3, -0.25) is 9.36 Å². The SMILES string of the molecule is COCCCn1c(O)cc(C)c(C#N)c1=O. The maximum Gasteiger partial charge on any atom is 0.271 e. The number of hydrogen-bond acceptors (Lipinski definition) is 4. The van der Waals surface area contributed by atoms with E-state index in [1.165, 1.54) is 10.6 Å². The van der Waals surface area contributed by atoms with Crippen LogP contribution in [0.1, 0.15) is 17.5 Å². The smallest absolute Gasteiger partial charge is 0.271 e. The Kier molecular flexibility index (Phi) is 4.09. The molecule has 0 fully saturated rings. The highest BCUT2D eigenvalue weighted by Crippen LogP contribution is 2.12. The summed E-state index contributed by atoms with van der Waals surface area (Å²) in [7, 11) is 1.57. The van der Waals surface area contributed by atoms with Crippen LogP contribution < -0.4 is 5.56 Å². The molecule has 1 rings (SSSR count). The molecule has 1 aromatic rings. The number of aromatic hydroxyl groups is 1. The lowest BCUT2D eigenvalue weighted by Crippen LogP contribution is -2.24. The first-order valence-corrected chi connectivity index (χ1v) is 4.94. The molecule has 0 aromatic carbocycles. The summed E-state index contributed by atoms with van der Waals surface area (Å²) in [5.74, 6) is -0.113. The van der Waals surface area contributed by atoms with Crippen LogP contribution in [-0.4, -0.2) is 23.4 Å². The highest BCUT2D eigenvalue weighted by atomic mass is 16.5. The molecule has 1 heterocycles. The summed E-state index contributed by atoms with van der Waals surface area (Å²) in [4.78, 5) is 11.8. The fourth-order valence-electron chi connectivity index (χ4n) is 1.47. The lowest BCUT2D eigenvalue weighted by atomic mass is 10.1. The second-order valence-electron chi connectivity index (χ2n) is 3.48. The summed E-state index contributed by atoms with van der Waals surface area (Å²) in [5.41, 5.74) is 0.124. The maximum atomic E-state index is 11.8. The molecule has 0 aliphatic heterocycles. The average Bonchev–Trinajstić information content (AvgIpc) is 2.23. The Morgan fingerprint density at radius 1 is 1.62 bits per heavy atom. The van der Waals surface area contributed by atoms with E-state index in [4.69, 9.17) is 10.00 Å². The number of nitriles is 1. The van der Waals surface area contributed by atoms with Gasteiger partial charge in [0.15, 0.2) is 5.88 Å². The molecular weight excluding hydrogens is 208 g/mol. The van der Waals surface area contributed by atoms with Gasteiger partial charge in [0, 0.05) is 26.3 Å². The lowest BCUT2D eigenvalue weighted by molar-refractivity contribution is 0.188. The molecule has 0 atom stereocenters. The van der Waals surface area contributed by atoms with E-state index >= 15 is 0 Å². The molecule has 5 nitrogen and oxygen atoms in total. The van der Waals surface area contributed by atoms with E-state index in [9.17, 15) is 9.90 Å². The molecule has 0 aliphatic carbocycles. The fraction of sp³-hybridized carbons (Fsp3) is 0.455. The summed E-state index contributed by atoms with van der Waals surface area (Å²) in [6.45, 7) is 2.47. The molecule has 0 saturated heterocycles. The molecule has 5 heteroatoms. The third-order valence-electron chi connectivity index (χ3n) is 2.32. The van der Waals surface area contributed by atoms with Crippen LogP contribution in [0.3, 0.4) is 0 Å². The second-order valence-corrected chi connectivity index (χ2v) is 3.48. The average molecular weight is 222 g/mol. The largest absolute Gasteiger partial charge is 0.494 e. The molecule has 0 bridgehead atoms. The van der Waals surface area contributed by atoms with Crippen molar-refractivity contribution in [1.29, 1.82) is 5.26 Å².